The molecule has 0 aliphatic rings. The van der Waals surface area contributed by atoms with Gasteiger partial charge in [0.2, 0.25) is 0 Å². The first-order valence-electron chi connectivity index (χ1n) is 13.0. The number of nitrogen functional groups attached to an aromatic ring is 1. The fourth-order valence-electron chi connectivity index (χ4n) is 4.79. The number of anilines is 1. The largest absolute Gasteiger partial charge is 0.381 e. The number of hydrogen-bond donors (Lipinski definition) is 2. The second kappa shape index (κ2) is 11.3. The van der Waals surface area contributed by atoms with Crippen LogP contribution in [0.15, 0.2) is 89.4 Å². The third kappa shape index (κ3) is 5.35. The summed E-state index contributed by atoms with van der Waals surface area (Å²) in [5.74, 6) is -0.104. The lowest BCUT2D eigenvalue weighted by Crippen LogP contribution is -2.32. The molecule has 10 nitrogen and oxygen atoms in total. The van der Waals surface area contributed by atoms with Gasteiger partial charge in [-0.25, -0.2) is 9.67 Å². The van der Waals surface area contributed by atoms with E-state index in [2.05, 4.69) is 27.1 Å². The Morgan fingerprint density at radius 1 is 1.12 bits per heavy atom. The Morgan fingerprint density at radius 2 is 1.90 bits per heavy atom. The summed E-state index contributed by atoms with van der Waals surface area (Å²) >= 11 is 0. The Bertz CT molecular complexity index is 1880. The highest BCUT2D eigenvalue weighted by atomic mass is 16.2. The molecule has 0 aliphatic carbocycles. The monoisotopic (exact) mass is 546 g/mol. The quantitative estimate of drug-likeness (QED) is 0.276. The average molecular weight is 547 g/mol. The molecule has 0 radical (unpaired) electrons. The van der Waals surface area contributed by atoms with Gasteiger partial charge in [0, 0.05) is 43.5 Å². The second-order valence-corrected chi connectivity index (χ2v) is 9.55. The lowest BCUT2D eigenvalue weighted by molar-refractivity contribution is 0.0940. The number of rotatable bonds is 8. The van der Waals surface area contributed by atoms with Crippen LogP contribution in [0.4, 0.5) is 11.6 Å². The first-order chi connectivity index (χ1) is 19.8. The number of pyridine rings is 1. The van der Waals surface area contributed by atoms with E-state index in [1.54, 1.807) is 22.5 Å². The fraction of sp³-hybridized carbons (Fsp3) is 0.129. The molecule has 2 aromatic carbocycles. The van der Waals surface area contributed by atoms with Gasteiger partial charge >= 0.3 is 0 Å². The van der Waals surface area contributed by atoms with Crippen LogP contribution in [0.2, 0.25) is 0 Å². The van der Waals surface area contributed by atoms with Crippen LogP contribution in [0.5, 0.6) is 0 Å². The maximum Gasteiger partial charge on any atom is 0.263 e. The van der Waals surface area contributed by atoms with Gasteiger partial charge in [0.1, 0.15) is 5.56 Å². The van der Waals surface area contributed by atoms with Crippen LogP contribution in [0.1, 0.15) is 40.1 Å². The average Bonchev–Trinajstić information content (AvgIpc) is 3.51. The van der Waals surface area contributed by atoms with Gasteiger partial charge in [-0.15, -0.1) is 0 Å². The van der Waals surface area contributed by atoms with E-state index in [-0.39, 0.29) is 16.9 Å². The first kappa shape index (κ1) is 27.1. The van der Waals surface area contributed by atoms with Gasteiger partial charge in [0.25, 0.3) is 11.5 Å². The highest BCUT2D eigenvalue weighted by Crippen LogP contribution is 2.27. The topological polar surface area (TPSA) is 125 Å². The van der Waals surface area contributed by atoms with E-state index >= 15 is 0 Å². The Balaban J connectivity index is 1.62. The number of para-hydroxylation sites is 1. The van der Waals surface area contributed by atoms with E-state index in [4.69, 9.17) is 5.73 Å². The van der Waals surface area contributed by atoms with Crippen LogP contribution in [-0.2, 0) is 14.1 Å². The van der Waals surface area contributed by atoms with Crippen LogP contribution < -0.4 is 16.6 Å². The molecule has 3 heterocycles. The summed E-state index contributed by atoms with van der Waals surface area (Å²) in [6.45, 7) is 5.45. The maximum atomic E-state index is 14.2. The number of nitrogens with zero attached hydrogens (tertiary/aromatic N) is 6. The normalized spacial score (nSPS) is 12.4. The number of nitrogens with two attached hydrogens (primary N) is 1. The number of benzene rings is 2. The lowest BCUT2D eigenvalue weighted by atomic mass is 10.0. The number of aryl methyl sites for hydroxylation is 2. The molecular weight excluding hydrogens is 516 g/mol. The van der Waals surface area contributed by atoms with Crippen molar-refractivity contribution in [2.45, 2.75) is 13.0 Å². The van der Waals surface area contributed by atoms with Gasteiger partial charge in [-0.05, 0) is 36.1 Å². The highest BCUT2D eigenvalue weighted by Gasteiger charge is 2.24. The number of hydrogen-bond acceptors (Lipinski definition) is 6. The van der Waals surface area contributed by atoms with Crippen molar-refractivity contribution in [3.8, 4) is 5.69 Å². The molecule has 41 heavy (non-hydrogen) atoms. The van der Waals surface area contributed by atoms with E-state index in [0.717, 1.165) is 16.5 Å². The van der Waals surface area contributed by atoms with E-state index in [0.29, 0.717) is 22.6 Å². The molecule has 3 aromatic heterocycles. The molecule has 0 aliphatic heterocycles. The molecule has 0 bridgehead atoms. The van der Waals surface area contributed by atoms with E-state index in [1.165, 1.54) is 17.0 Å². The summed E-state index contributed by atoms with van der Waals surface area (Å²) in [5.41, 5.74) is 9.01. The number of carbonyl (C=O) groups excluding carboxylic acids is 1. The SMILES string of the molecule is C=C/C=N\c1c(C(=O)NC(C)c2cc3cccc(/C=C\c4cnn(C)c4)c3c(=O)n2-c2ccccc2)c(N)nn1C. The summed E-state index contributed by atoms with van der Waals surface area (Å²) < 4.78 is 4.80. The summed E-state index contributed by atoms with van der Waals surface area (Å²) in [5, 5.41) is 12.7. The third-order valence-electron chi connectivity index (χ3n) is 6.67. The van der Waals surface area contributed by atoms with Crippen LogP contribution in [0.3, 0.4) is 0 Å². The number of aromatic nitrogens is 5. The number of fused-ring (bicyclic) bond motifs is 1. The van der Waals surface area contributed by atoms with E-state index < -0.39 is 11.9 Å². The van der Waals surface area contributed by atoms with Crippen molar-refractivity contribution in [1.29, 1.82) is 0 Å². The molecule has 5 aromatic rings. The first-order valence-corrected chi connectivity index (χ1v) is 13.0. The van der Waals surface area contributed by atoms with Gasteiger partial charge in [0.15, 0.2) is 11.6 Å². The van der Waals surface area contributed by atoms with Gasteiger partial charge in [-0.1, -0.05) is 61.2 Å². The molecule has 5 rings (SSSR count). The molecule has 206 valence electrons. The number of aliphatic imine (C=N–C) groups is 1. The molecule has 1 unspecified atom stereocenters. The molecule has 0 spiro atoms. The Kier molecular flexibility index (Phi) is 7.47. The van der Waals surface area contributed by atoms with Crippen molar-refractivity contribution in [1.82, 2.24) is 29.4 Å². The molecule has 10 heteroatoms. The molecule has 0 saturated heterocycles. The van der Waals surface area contributed by atoms with E-state index in [9.17, 15) is 9.59 Å². The van der Waals surface area contributed by atoms with Gasteiger partial charge in [0.05, 0.1) is 17.6 Å². The zero-order chi connectivity index (χ0) is 29.1. The predicted octanol–water partition coefficient (Wildman–Crippen LogP) is 4.59. The minimum atomic E-state index is -0.578. The van der Waals surface area contributed by atoms with Crippen LogP contribution in [0.25, 0.3) is 28.6 Å². The number of carbonyl (C=O) groups is 1. The number of nitrogens with one attached hydrogen (secondary N) is 1. The fourth-order valence-corrected chi connectivity index (χ4v) is 4.79. The third-order valence-corrected chi connectivity index (χ3v) is 6.67. The highest BCUT2D eigenvalue weighted by molar-refractivity contribution is 6.03. The van der Waals surface area contributed by atoms with Crippen molar-refractivity contribution in [2.24, 2.45) is 19.1 Å². The summed E-state index contributed by atoms with van der Waals surface area (Å²) in [6.07, 6.45) is 10.5. The molecule has 0 fully saturated rings. The number of allylic oxidation sites excluding steroid dienone is 1. The van der Waals surface area contributed by atoms with Crippen molar-refractivity contribution in [2.75, 3.05) is 5.73 Å². The van der Waals surface area contributed by atoms with E-state index in [1.807, 2.05) is 86.9 Å². The second-order valence-electron chi connectivity index (χ2n) is 9.55. The maximum absolute atomic E-state index is 14.2. The molecule has 1 atom stereocenters. The molecule has 3 N–H and O–H groups in total. The number of amides is 1. The zero-order valence-electron chi connectivity index (χ0n) is 23.0. The van der Waals surface area contributed by atoms with Crippen molar-refractivity contribution >= 4 is 46.7 Å². The molecular formula is C31H30N8O2. The molecule has 0 saturated carbocycles. The molecule has 1 amide bonds. The van der Waals surface area contributed by atoms with Crippen LogP contribution in [-0.4, -0.2) is 36.2 Å². The van der Waals surface area contributed by atoms with Crippen LogP contribution in [0, 0.1) is 0 Å². The van der Waals surface area contributed by atoms with Gasteiger partial charge in [-0.2, -0.15) is 10.2 Å². The van der Waals surface area contributed by atoms with Crippen molar-refractivity contribution < 1.29 is 4.79 Å². The van der Waals surface area contributed by atoms with Gasteiger partial charge < -0.3 is 11.1 Å². The Labute approximate surface area is 236 Å². The smallest absolute Gasteiger partial charge is 0.263 e. The Morgan fingerprint density at radius 3 is 2.61 bits per heavy atom. The predicted molar refractivity (Wildman–Crippen MR) is 164 cm³/mol. The minimum absolute atomic E-state index is 0.0532. The summed E-state index contributed by atoms with van der Waals surface area (Å²) in [4.78, 5) is 32.0. The van der Waals surface area contributed by atoms with Gasteiger partial charge in [-0.3, -0.25) is 18.8 Å². The standard InChI is InChI=1S/C31H30N8O2/c1-5-16-33-29-27(28(32)36-38(29)4)30(40)35-20(2)25-17-23-11-9-10-22(15-14-21-18-34-37(3)19-21)26(23)31(41)39(25)24-12-7-6-8-13-24/h5-20H,1H2,2-4H3,(H2,32,36)(H,35,40)/b15-14-,33-16-. The zero-order valence-corrected chi connectivity index (χ0v) is 23.0. The summed E-state index contributed by atoms with van der Waals surface area (Å²) in [6, 6.07) is 16.4. The minimum Gasteiger partial charge on any atom is -0.381 e. The Hall–Kier alpha value is -5.51. The summed E-state index contributed by atoms with van der Waals surface area (Å²) in [7, 11) is 3.51. The van der Waals surface area contributed by atoms with Crippen LogP contribution >= 0.6 is 0 Å². The van der Waals surface area contributed by atoms with Crippen molar-refractivity contribution in [3.05, 3.63) is 112 Å². The lowest BCUT2D eigenvalue weighted by Gasteiger charge is -2.21. The van der Waals surface area contributed by atoms with Crippen molar-refractivity contribution in [3.63, 3.8) is 0 Å².